The first-order valence-electron chi connectivity index (χ1n) is 5.79. The van der Waals surface area contributed by atoms with E-state index in [9.17, 15) is 0 Å². The van der Waals surface area contributed by atoms with Crippen molar-refractivity contribution in [2.24, 2.45) is 0 Å². The van der Waals surface area contributed by atoms with Crippen molar-refractivity contribution in [2.45, 2.75) is 33.2 Å². The van der Waals surface area contributed by atoms with Gasteiger partial charge in [-0.2, -0.15) is 5.10 Å². The molecule has 17 heavy (non-hydrogen) atoms. The van der Waals surface area contributed by atoms with Crippen LogP contribution in [0.25, 0.3) is 10.6 Å². The molecule has 2 rings (SSSR count). The van der Waals surface area contributed by atoms with Crippen molar-refractivity contribution in [3.63, 3.8) is 0 Å². The van der Waals surface area contributed by atoms with Crippen molar-refractivity contribution in [3.05, 3.63) is 16.9 Å². The highest BCUT2D eigenvalue weighted by molar-refractivity contribution is 7.14. The molecule has 0 aromatic carbocycles. The molecule has 0 amide bonds. The van der Waals surface area contributed by atoms with Gasteiger partial charge >= 0.3 is 0 Å². The van der Waals surface area contributed by atoms with E-state index in [1.807, 2.05) is 6.92 Å². The van der Waals surface area contributed by atoms with E-state index in [4.69, 9.17) is 0 Å². The molecule has 2 heterocycles. The molecular weight excluding hydrogens is 234 g/mol. The molecule has 0 aliphatic rings. The van der Waals surface area contributed by atoms with Crippen molar-refractivity contribution in [1.29, 1.82) is 0 Å². The molecule has 6 heteroatoms. The van der Waals surface area contributed by atoms with Gasteiger partial charge < -0.3 is 5.32 Å². The molecule has 0 spiro atoms. The number of hydrogen-bond donors (Lipinski definition) is 2. The van der Waals surface area contributed by atoms with Crippen molar-refractivity contribution >= 4 is 11.3 Å². The molecular formula is C11H17N5S. The highest BCUT2D eigenvalue weighted by atomic mass is 32.1. The van der Waals surface area contributed by atoms with E-state index in [2.05, 4.69) is 39.6 Å². The van der Waals surface area contributed by atoms with Crippen LogP contribution in [0.15, 0.2) is 6.20 Å². The Bertz CT molecular complexity index is 476. The molecule has 92 valence electrons. The van der Waals surface area contributed by atoms with E-state index in [0.29, 0.717) is 0 Å². The van der Waals surface area contributed by atoms with Gasteiger partial charge in [0.1, 0.15) is 5.01 Å². The summed E-state index contributed by atoms with van der Waals surface area (Å²) in [5.41, 5.74) is 2.07. The molecule has 0 bridgehead atoms. The quantitative estimate of drug-likeness (QED) is 0.855. The minimum absolute atomic E-state index is 0.258. The summed E-state index contributed by atoms with van der Waals surface area (Å²) in [5, 5.41) is 20.7. The summed E-state index contributed by atoms with van der Waals surface area (Å²) in [5.74, 6) is 0. The number of rotatable bonds is 5. The van der Waals surface area contributed by atoms with Crippen LogP contribution in [0.1, 0.15) is 37.0 Å². The lowest BCUT2D eigenvalue weighted by molar-refractivity contribution is 0.564. The van der Waals surface area contributed by atoms with Gasteiger partial charge in [0.25, 0.3) is 0 Å². The Balaban J connectivity index is 2.13. The second-order valence-electron chi connectivity index (χ2n) is 4.03. The molecule has 2 aromatic rings. The summed E-state index contributed by atoms with van der Waals surface area (Å²) in [7, 11) is 0. The maximum atomic E-state index is 4.23. The van der Waals surface area contributed by atoms with Gasteiger partial charge in [-0.05, 0) is 26.8 Å². The van der Waals surface area contributed by atoms with Gasteiger partial charge in [0.2, 0.25) is 0 Å². The first-order valence-corrected chi connectivity index (χ1v) is 6.61. The normalized spacial score (nSPS) is 12.9. The van der Waals surface area contributed by atoms with Gasteiger partial charge in [0.05, 0.1) is 17.8 Å². The van der Waals surface area contributed by atoms with E-state index < -0.39 is 0 Å². The van der Waals surface area contributed by atoms with Crippen molar-refractivity contribution < 1.29 is 0 Å². The van der Waals surface area contributed by atoms with Crippen LogP contribution >= 0.6 is 11.3 Å². The fraction of sp³-hybridized carbons (Fsp3) is 0.545. The standard InChI is InChI=1S/C11H17N5S/c1-4-5-12-8(3)10-15-16-11(17-10)9-6-13-14-7(9)2/h6,8,12H,4-5H2,1-3H3,(H,13,14). The Morgan fingerprint density at radius 2 is 2.29 bits per heavy atom. The predicted molar refractivity (Wildman–Crippen MR) is 68.9 cm³/mol. The Kier molecular flexibility index (Phi) is 3.86. The first kappa shape index (κ1) is 12.2. The molecule has 0 fully saturated rings. The Morgan fingerprint density at radius 1 is 1.47 bits per heavy atom. The van der Waals surface area contributed by atoms with Gasteiger partial charge in [-0.3, -0.25) is 5.10 Å². The number of aryl methyl sites for hydroxylation is 1. The van der Waals surface area contributed by atoms with Gasteiger partial charge in [-0.15, -0.1) is 10.2 Å². The lowest BCUT2D eigenvalue weighted by atomic mass is 10.3. The number of H-pyrrole nitrogens is 1. The predicted octanol–water partition coefficient (Wildman–Crippen LogP) is 2.30. The third-order valence-electron chi connectivity index (χ3n) is 2.57. The number of nitrogens with one attached hydrogen (secondary N) is 2. The summed E-state index contributed by atoms with van der Waals surface area (Å²) in [6.07, 6.45) is 2.92. The molecule has 2 aromatic heterocycles. The second-order valence-corrected chi connectivity index (χ2v) is 5.04. The van der Waals surface area contributed by atoms with Gasteiger partial charge in [-0.25, -0.2) is 0 Å². The van der Waals surface area contributed by atoms with Crippen LogP contribution in [0.2, 0.25) is 0 Å². The smallest absolute Gasteiger partial charge is 0.151 e. The fourth-order valence-electron chi connectivity index (χ4n) is 1.53. The monoisotopic (exact) mass is 251 g/mol. The first-order chi connectivity index (χ1) is 8.22. The third kappa shape index (κ3) is 2.70. The average Bonchev–Trinajstić information content (AvgIpc) is 2.93. The fourth-order valence-corrected chi connectivity index (χ4v) is 2.47. The van der Waals surface area contributed by atoms with Gasteiger partial charge in [0.15, 0.2) is 5.01 Å². The highest BCUT2D eigenvalue weighted by Crippen LogP contribution is 2.27. The molecule has 0 radical (unpaired) electrons. The van der Waals surface area contributed by atoms with Crippen LogP contribution in [-0.2, 0) is 0 Å². The summed E-state index contributed by atoms with van der Waals surface area (Å²) in [6, 6.07) is 0.258. The molecule has 1 atom stereocenters. The van der Waals surface area contributed by atoms with Crippen LogP contribution in [0.5, 0.6) is 0 Å². The van der Waals surface area contributed by atoms with Crippen LogP contribution < -0.4 is 5.32 Å². The number of nitrogens with zero attached hydrogens (tertiary/aromatic N) is 3. The highest BCUT2D eigenvalue weighted by Gasteiger charge is 2.14. The van der Waals surface area contributed by atoms with E-state index in [-0.39, 0.29) is 6.04 Å². The maximum Gasteiger partial charge on any atom is 0.151 e. The zero-order chi connectivity index (χ0) is 12.3. The van der Waals surface area contributed by atoms with Crippen molar-refractivity contribution in [3.8, 4) is 10.6 Å². The molecule has 0 aliphatic heterocycles. The van der Waals surface area contributed by atoms with E-state index in [1.54, 1.807) is 17.5 Å². The minimum Gasteiger partial charge on any atom is -0.308 e. The van der Waals surface area contributed by atoms with E-state index >= 15 is 0 Å². The summed E-state index contributed by atoms with van der Waals surface area (Å²) >= 11 is 1.62. The lowest BCUT2D eigenvalue weighted by Crippen LogP contribution is -2.18. The molecule has 1 unspecified atom stereocenters. The van der Waals surface area contributed by atoms with Gasteiger partial charge in [0, 0.05) is 5.69 Å². The minimum atomic E-state index is 0.258. The lowest BCUT2D eigenvalue weighted by Gasteiger charge is -2.08. The van der Waals surface area contributed by atoms with Crippen LogP contribution in [-0.4, -0.2) is 26.9 Å². The summed E-state index contributed by atoms with van der Waals surface area (Å²) in [4.78, 5) is 0. The molecule has 0 aliphatic carbocycles. The van der Waals surface area contributed by atoms with Crippen molar-refractivity contribution in [1.82, 2.24) is 25.7 Å². The average molecular weight is 251 g/mol. The topological polar surface area (TPSA) is 66.5 Å². The van der Waals surface area contributed by atoms with Crippen molar-refractivity contribution in [2.75, 3.05) is 6.54 Å². The largest absolute Gasteiger partial charge is 0.308 e. The Hall–Kier alpha value is -1.27. The van der Waals surface area contributed by atoms with Crippen LogP contribution in [0.3, 0.4) is 0 Å². The molecule has 5 nitrogen and oxygen atoms in total. The maximum absolute atomic E-state index is 4.23. The zero-order valence-corrected chi connectivity index (χ0v) is 11.1. The van der Waals surface area contributed by atoms with Gasteiger partial charge in [-0.1, -0.05) is 18.3 Å². The van der Waals surface area contributed by atoms with E-state index in [1.165, 1.54) is 0 Å². The van der Waals surface area contributed by atoms with E-state index in [0.717, 1.165) is 34.2 Å². The second kappa shape index (κ2) is 5.37. The number of aromatic amines is 1. The number of aromatic nitrogens is 4. The molecule has 0 saturated carbocycles. The molecule has 2 N–H and O–H groups in total. The summed E-state index contributed by atoms with van der Waals surface area (Å²) < 4.78 is 0. The SMILES string of the molecule is CCCNC(C)c1nnc(-c2cn[nH]c2C)s1. The summed E-state index contributed by atoms with van der Waals surface area (Å²) in [6.45, 7) is 7.26. The molecule has 0 saturated heterocycles. The van der Waals surface area contributed by atoms with Crippen LogP contribution in [0.4, 0.5) is 0 Å². The van der Waals surface area contributed by atoms with Crippen LogP contribution in [0, 0.1) is 6.92 Å². The Labute approximate surface area is 105 Å². The third-order valence-corrected chi connectivity index (χ3v) is 3.71. The number of hydrogen-bond acceptors (Lipinski definition) is 5. The Morgan fingerprint density at radius 3 is 2.94 bits per heavy atom. The zero-order valence-electron chi connectivity index (χ0n) is 10.3.